The normalized spacial score (nSPS) is 12.0. The number of ether oxygens (including phenoxy) is 2. The number of rotatable bonds is 13. The Morgan fingerprint density at radius 2 is 1.57 bits per heavy atom. The zero-order valence-corrected chi connectivity index (χ0v) is 27.2. The van der Waals surface area contributed by atoms with E-state index in [1.165, 1.54) is 37.3 Å². The highest BCUT2D eigenvalue weighted by atomic mass is 79.9. The molecule has 0 saturated heterocycles. The van der Waals surface area contributed by atoms with Gasteiger partial charge >= 0.3 is 0 Å². The van der Waals surface area contributed by atoms with Crippen LogP contribution in [-0.2, 0) is 26.2 Å². The van der Waals surface area contributed by atoms with Crippen molar-refractivity contribution in [2.75, 3.05) is 31.6 Å². The van der Waals surface area contributed by atoms with Gasteiger partial charge in [-0.2, -0.15) is 0 Å². The number of methoxy groups -OCH3 is 2. The van der Waals surface area contributed by atoms with Gasteiger partial charge in [-0.05, 0) is 61.7 Å². The number of amides is 2. The van der Waals surface area contributed by atoms with E-state index in [2.05, 4.69) is 21.2 Å². The second-order valence-corrected chi connectivity index (χ2v) is 13.1. The molecule has 0 fully saturated rings. The third-order valence-electron chi connectivity index (χ3n) is 6.66. The molecule has 1 atom stereocenters. The van der Waals surface area contributed by atoms with E-state index in [1.807, 2.05) is 45.0 Å². The molecule has 0 unspecified atom stereocenters. The van der Waals surface area contributed by atoms with Crippen molar-refractivity contribution >= 4 is 43.5 Å². The molecule has 9 nitrogen and oxygen atoms in total. The molecule has 3 rings (SSSR count). The summed E-state index contributed by atoms with van der Waals surface area (Å²) in [6.07, 6.45) is 0. The fourth-order valence-corrected chi connectivity index (χ4v) is 5.84. The standard InChI is InChI=1S/C31H38BrN3O6S/c1-21(2)18-33-31(37)23(4)34(19-24-9-11-25(32)12-10-24)30(36)20-35(28-17-26(40-5)13-16-29(28)41-6)42(38,39)27-14-7-22(3)8-15-27/h7-17,21,23H,18-20H2,1-6H3,(H,33,37)/t23-/m0/s1. The summed E-state index contributed by atoms with van der Waals surface area (Å²) in [6.45, 7) is 7.40. The lowest BCUT2D eigenvalue weighted by molar-refractivity contribution is -0.139. The minimum Gasteiger partial charge on any atom is -0.497 e. The van der Waals surface area contributed by atoms with Crippen LogP contribution in [0.4, 0.5) is 5.69 Å². The van der Waals surface area contributed by atoms with Crippen LogP contribution in [0.2, 0.25) is 0 Å². The van der Waals surface area contributed by atoms with E-state index in [0.29, 0.717) is 12.3 Å². The van der Waals surface area contributed by atoms with Gasteiger partial charge in [0.2, 0.25) is 11.8 Å². The molecule has 3 aromatic rings. The van der Waals surface area contributed by atoms with E-state index in [0.717, 1.165) is 19.9 Å². The molecule has 0 radical (unpaired) electrons. The molecule has 1 N–H and O–H groups in total. The van der Waals surface area contributed by atoms with Gasteiger partial charge in [-0.25, -0.2) is 8.42 Å². The molecular weight excluding hydrogens is 622 g/mol. The van der Waals surface area contributed by atoms with Gasteiger partial charge in [-0.15, -0.1) is 0 Å². The fraction of sp³-hybridized carbons (Fsp3) is 0.355. The fourth-order valence-electron chi connectivity index (χ4n) is 4.16. The second-order valence-electron chi connectivity index (χ2n) is 10.3. The Balaban J connectivity index is 2.10. The molecule has 11 heteroatoms. The highest BCUT2D eigenvalue weighted by Gasteiger charge is 2.34. The Bertz CT molecular complexity index is 1480. The molecule has 0 aromatic heterocycles. The molecule has 0 aliphatic heterocycles. The topological polar surface area (TPSA) is 105 Å². The average Bonchev–Trinajstić information content (AvgIpc) is 2.97. The monoisotopic (exact) mass is 659 g/mol. The summed E-state index contributed by atoms with van der Waals surface area (Å²) in [5.41, 5.74) is 1.80. The highest BCUT2D eigenvalue weighted by molar-refractivity contribution is 9.10. The van der Waals surface area contributed by atoms with Crippen molar-refractivity contribution in [2.24, 2.45) is 5.92 Å². The second kappa shape index (κ2) is 14.6. The molecule has 0 saturated carbocycles. The Morgan fingerprint density at radius 1 is 0.929 bits per heavy atom. The third kappa shape index (κ3) is 8.25. The van der Waals surface area contributed by atoms with Gasteiger partial charge in [0.1, 0.15) is 24.1 Å². The number of carbonyl (C=O) groups excluding carboxylic acids is 2. The van der Waals surface area contributed by atoms with Crippen LogP contribution >= 0.6 is 15.9 Å². The van der Waals surface area contributed by atoms with Crippen molar-refractivity contribution in [3.8, 4) is 11.5 Å². The van der Waals surface area contributed by atoms with E-state index < -0.39 is 28.5 Å². The maximum absolute atomic E-state index is 14.1. The van der Waals surface area contributed by atoms with Crippen molar-refractivity contribution < 1.29 is 27.5 Å². The number of halogens is 1. The molecule has 2 amide bonds. The maximum Gasteiger partial charge on any atom is 0.264 e. The van der Waals surface area contributed by atoms with Crippen LogP contribution in [0.25, 0.3) is 0 Å². The first-order chi connectivity index (χ1) is 19.9. The molecule has 0 aliphatic rings. The minimum absolute atomic E-state index is 0.00737. The van der Waals surface area contributed by atoms with Crippen molar-refractivity contribution in [1.82, 2.24) is 10.2 Å². The Kier molecular flexibility index (Phi) is 11.4. The SMILES string of the molecule is COc1ccc(OC)c(N(CC(=O)N(Cc2ccc(Br)cc2)[C@@H](C)C(=O)NCC(C)C)S(=O)(=O)c2ccc(C)cc2)c1. The molecule has 0 aliphatic carbocycles. The molecule has 0 spiro atoms. The summed E-state index contributed by atoms with van der Waals surface area (Å²) >= 11 is 3.42. The zero-order chi connectivity index (χ0) is 31.0. The van der Waals surface area contributed by atoms with Gasteiger partial charge in [-0.3, -0.25) is 13.9 Å². The Labute approximate surface area is 257 Å². The van der Waals surface area contributed by atoms with Crippen LogP contribution in [0, 0.1) is 12.8 Å². The first-order valence-electron chi connectivity index (χ1n) is 13.5. The predicted octanol–water partition coefficient (Wildman–Crippen LogP) is 5.16. The van der Waals surface area contributed by atoms with Gasteiger partial charge in [-0.1, -0.05) is 59.6 Å². The number of aryl methyl sites for hydroxylation is 1. The lowest BCUT2D eigenvalue weighted by atomic mass is 10.1. The molecule has 0 heterocycles. The number of benzene rings is 3. The summed E-state index contributed by atoms with van der Waals surface area (Å²) in [4.78, 5) is 28.7. The molecule has 42 heavy (non-hydrogen) atoms. The molecule has 3 aromatic carbocycles. The van der Waals surface area contributed by atoms with E-state index >= 15 is 0 Å². The first kappa shape index (κ1) is 32.9. The summed E-state index contributed by atoms with van der Waals surface area (Å²) in [6, 6.07) is 17.6. The smallest absolute Gasteiger partial charge is 0.264 e. The molecule has 0 bridgehead atoms. The van der Waals surface area contributed by atoms with Crippen LogP contribution in [0.1, 0.15) is 31.9 Å². The van der Waals surface area contributed by atoms with Crippen LogP contribution in [-0.4, -0.2) is 58.5 Å². The minimum atomic E-state index is -4.26. The van der Waals surface area contributed by atoms with Crippen LogP contribution in [0.15, 0.2) is 76.1 Å². The van der Waals surface area contributed by atoms with Gasteiger partial charge in [0.05, 0.1) is 24.8 Å². The average molecular weight is 661 g/mol. The van der Waals surface area contributed by atoms with Crippen LogP contribution < -0.4 is 19.1 Å². The van der Waals surface area contributed by atoms with Gasteiger partial charge in [0.15, 0.2) is 0 Å². The van der Waals surface area contributed by atoms with Crippen molar-refractivity contribution in [3.63, 3.8) is 0 Å². The summed E-state index contributed by atoms with van der Waals surface area (Å²) < 4.78 is 41.0. The number of anilines is 1. The van der Waals surface area contributed by atoms with Crippen LogP contribution in [0.5, 0.6) is 11.5 Å². The number of nitrogens with zero attached hydrogens (tertiary/aromatic N) is 2. The van der Waals surface area contributed by atoms with Gasteiger partial charge in [0.25, 0.3) is 10.0 Å². The Morgan fingerprint density at radius 3 is 2.14 bits per heavy atom. The van der Waals surface area contributed by atoms with Crippen molar-refractivity contribution in [2.45, 2.75) is 45.2 Å². The summed E-state index contributed by atoms with van der Waals surface area (Å²) in [5.74, 6) is -0.0591. The zero-order valence-electron chi connectivity index (χ0n) is 24.8. The van der Waals surface area contributed by atoms with Crippen LogP contribution in [0.3, 0.4) is 0 Å². The van der Waals surface area contributed by atoms with E-state index in [9.17, 15) is 18.0 Å². The van der Waals surface area contributed by atoms with Crippen molar-refractivity contribution in [3.05, 3.63) is 82.3 Å². The van der Waals surface area contributed by atoms with E-state index in [4.69, 9.17) is 9.47 Å². The number of carbonyl (C=O) groups is 2. The highest BCUT2D eigenvalue weighted by Crippen LogP contribution is 2.36. The Hall–Kier alpha value is -3.57. The summed E-state index contributed by atoms with van der Waals surface area (Å²) in [7, 11) is -1.37. The number of hydrogen-bond acceptors (Lipinski definition) is 6. The maximum atomic E-state index is 14.1. The molecule has 226 valence electrons. The number of hydrogen-bond donors (Lipinski definition) is 1. The third-order valence-corrected chi connectivity index (χ3v) is 8.96. The van der Waals surface area contributed by atoms with Crippen molar-refractivity contribution in [1.29, 1.82) is 0 Å². The first-order valence-corrected chi connectivity index (χ1v) is 15.7. The number of sulfonamides is 1. The van der Waals surface area contributed by atoms with E-state index in [1.54, 1.807) is 31.2 Å². The predicted molar refractivity (Wildman–Crippen MR) is 167 cm³/mol. The quantitative estimate of drug-likeness (QED) is 0.272. The largest absolute Gasteiger partial charge is 0.497 e. The van der Waals surface area contributed by atoms with Gasteiger partial charge in [0, 0.05) is 23.6 Å². The summed E-state index contributed by atoms with van der Waals surface area (Å²) in [5, 5.41) is 2.88. The van der Waals surface area contributed by atoms with Gasteiger partial charge < -0.3 is 19.7 Å². The number of nitrogens with one attached hydrogen (secondary N) is 1. The van der Waals surface area contributed by atoms with E-state index in [-0.39, 0.29) is 34.7 Å². The lowest BCUT2D eigenvalue weighted by Crippen LogP contribution is -2.51. The molecular formula is C31H38BrN3O6S. The lowest BCUT2D eigenvalue weighted by Gasteiger charge is -2.32.